The van der Waals surface area contributed by atoms with Gasteiger partial charge in [-0.05, 0) is 32.0 Å². The predicted octanol–water partition coefficient (Wildman–Crippen LogP) is 3.31. The quantitative estimate of drug-likeness (QED) is 0.793. The molecule has 0 fully saturated rings. The average Bonchev–Trinajstić information content (AvgIpc) is 2.61. The Morgan fingerprint density at radius 1 is 1.12 bits per heavy atom. The second-order valence-corrected chi connectivity index (χ2v) is 6.32. The lowest BCUT2D eigenvalue weighted by atomic mass is 9.93. The first-order valence-electron chi connectivity index (χ1n) is 8.29. The van der Waals surface area contributed by atoms with Crippen LogP contribution in [-0.4, -0.2) is 29.0 Å². The van der Waals surface area contributed by atoms with Crippen molar-refractivity contribution in [3.63, 3.8) is 0 Å². The number of phenols is 1. The maximum atomic E-state index is 13.0. The molecule has 3 rings (SSSR count). The van der Waals surface area contributed by atoms with E-state index < -0.39 is 6.04 Å². The van der Waals surface area contributed by atoms with E-state index in [-0.39, 0.29) is 17.7 Å². The van der Waals surface area contributed by atoms with Crippen molar-refractivity contribution in [1.82, 2.24) is 10.2 Å². The van der Waals surface area contributed by atoms with Crippen molar-refractivity contribution < 1.29 is 14.7 Å². The predicted molar refractivity (Wildman–Crippen MR) is 99.7 cm³/mol. The smallest absolute Gasteiger partial charge is 0.322 e. The third kappa shape index (κ3) is 3.26. The number of anilines is 1. The van der Waals surface area contributed by atoms with E-state index in [2.05, 4.69) is 10.6 Å². The number of carbonyl (C=O) groups excluding carboxylic acids is 2. The van der Waals surface area contributed by atoms with Crippen LogP contribution in [0.2, 0.25) is 0 Å². The first-order chi connectivity index (χ1) is 12.4. The summed E-state index contributed by atoms with van der Waals surface area (Å²) in [6.07, 6.45) is 0. The number of amides is 3. The van der Waals surface area contributed by atoms with E-state index in [1.165, 1.54) is 11.0 Å². The first kappa shape index (κ1) is 17.5. The van der Waals surface area contributed by atoms with E-state index in [1.807, 2.05) is 31.2 Å². The number of allylic oxidation sites excluding steroid dienone is 1. The number of hydrogen-bond acceptors (Lipinski definition) is 3. The Morgan fingerprint density at radius 3 is 2.42 bits per heavy atom. The molecular weight excluding hydrogens is 330 g/mol. The zero-order chi connectivity index (χ0) is 18.8. The molecule has 0 aromatic heterocycles. The van der Waals surface area contributed by atoms with E-state index in [0.29, 0.717) is 22.5 Å². The van der Waals surface area contributed by atoms with Gasteiger partial charge in [-0.1, -0.05) is 35.9 Å². The van der Waals surface area contributed by atoms with E-state index in [4.69, 9.17) is 0 Å². The molecule has 3 N–H and O–H groups in total. The standard InChI is InChI=1S/C20H21N3O3/c1-12-8-10-14(11-9-12)21-19(25)17-13(2)23(3)20(26)22-18(17)15-6-4-5-7-16(15)24/h4-11,18,24H,1-3H3,(H,21,25)(H,22,26)/t18-/m0/s1. The highest BCUT2D eigenvalue weighted by Gasteiger charge is 2.35. The van der Waals surface area contributed by atoms with Crippen LogP contribution >= 0.6 is 0 Å². The lowest BCUT2D eigenvalue weighted by molar-refractivity contribution is -0.113. The minimum Gasteiger partial charge on any atom is -0.508 e. The van der Waals surface area contributed by atoms with Crippen molar-refractivity contribution in [2.45, 2.75) is 19.9 Å². The lowest BCUT2D eigenvalue weighted by Gasteiger charge is -2.33. The van der Waals surface area contributed by atoms with Gasteiger partial charge in [0, 0.05) is 24.0 Å². The summed E-state index contributed by atoms with van der Waals surface area (Å²) in [6.45, 7) is 3.69. The third-order valence-corrected chi connectivity index (χ3v) is 4.56. The largest absolute Gasteiger partial charge is 0.508 e. The number of para-hydroxylation sites is 1. The van der Waals surface area contributed by atoms with Gasteiger partial charge in [0.05, 0.1) is 11.6 Å². The Labute approximate surface area is 152 Å². The number of nitrogens with one attached hydrogen (secondary N) is 2. The highest BCUT2D eigenvalue weighted by molar-refractivity contribution is 6.06. The Kier molecular flexibility index (Phi) is 4.67. The molecule has 1 atom stereocenters. The molecular formula is C20H21N3O3. The second kappa shape index (κ2) is 6.92. The number of phenolic OH excluding ortho intramolecular Hbond substituents is 1. The molecule has 0 bridgehead atoms. The van der Waals surface area contributed by atoms with Crippen molar-refractivity contribution in [2.24, 2.45) is 0 Å². The molecule has 0 saturated carbocycles. The Balaban J connectivity index is 2.01. The SMILES string of the molecule is CC1=C(C(=O)Nc2ccc(C)cc2)[C@H](c2ccccc2O)NC(=O)N1C. The number of carbonyl (C=O) groups is 2. The summed E-state index contributed by atoms with van der Waals surface area (Å²) in [5.74, 6) is -0.303. The average molecular weight is 351 g/mol. The monoisotopic (exact) mass is 351 g/mol. The Morgan fingerprint density at radius 2 is 1.77 bits per heavy atom. The fourth-order valence-corrected chi connectivity index (χ4v) is 2.93. The molecule has 0 unspecified atom stereocenters. The van der Waals surface area contributed by atoms with E-state index in [1.54, 1.807) is 32.2 Å². The van der Waals surface area contributed by atoms with Gasteiger partial charge in [0.25, 0.3) is 5.91 Å². The number of nitrogens with zero attached hydrogens (tertiary/aromatic N) is 1. The second-order valence-electron chi connectivity index (χ2n) is 6.32. The molecule has 134 valence electrons. The maximum absolute atomic E-state index is 13.0. The van der Waals surface area contributed by atoms with Gasteiger partial charge in [0.15, 0.2) is 0 Å². The molecule has 3 amide bonds. The summed E-state index contributed by atoms with van der Waals surface area (Å²) in [5.41, 5.74) is 3.15. The van der Waals surface area contributed by atoms with Gasteiger partial charge in [-0.3, -0.25) is 4.79 Å². The van der Waals surface area contributed by atoms with Gasteiger partial charge < -0.3 is 20.6 Å². The summed E-state index contributed by atoms with van der Waals surface area (Å²) < 4.78 is 0. The van der Waals surface area contributed by atoms with Crippen LogP contribution in [-0.2, 0) is 4.79 Å². The van der Waals surface area contributed by atoms with E-state index >= 15 is 0 Å². The van der Waals surface area contributed by atoms with E-state index in [9.17, 15) is 14.7 Å². The van der Waals surface area contributed by atoms with Crippen molar-refractivity contribution >= 4 is 17.6 Å². The van der Waals surface area contributed by atoms with Gasteiger partial charge in [-0.2, -0.15) is 0 Å². The summed E-state index contributed by atoms with van der Waals surface area (Å²) in [7, 11) is 1.60. The van der Waals surface area contributed by atoms with Crippen LogP contribution in [0.25, 0.3) is 0 Å². The normalized spacial score (nSPS) is 17.1. The summed E-state index contributed by atoms with van der Waals surface area (Å²) in [6, 6.07) is 13.1. The molecule has 6 heteroatoms. The van der Waals surface area contributed by atoms with Crippen LogP contribution in [0.15, 0.2) is 59.8 Å². The third-order valence-electron chi connectivity index (χ3n) is 4.56. The van der Waals surface area contributed by atoms with Crippen LogP contribution < -0.4 is 10.6 Å². The van der Waals surface area contributed by atoms with Crippen LogP contribution in [0.5, 0.6) is 5.75 Å². The summed E-state index contributed by atoms with van der Waals surface area (Å²) in [4.78, 5) is 26.6. The van der Waals surface area contributed by atoms with Crippen molar-refractivity contribution in [3.8, 4) is 5.75 Å². The molecule has 1 aliphatic rings. The van der Waals surface area contributed by atoms with Crippen LogP contribution in [0.4, 0.5) is 10.5 Å². The minimum absolute atomic E-state index is 0.0239. The molecule has 26 heavy (non-hydrogen) atoms. The molecule has 1 aliphatic heterocycles. The number of aryl methyl sites for hydroxylation is 1. The number of aromatic hydroxyl groups is 1. The van der Waals surface area contributed by atoms with Crippen LogP contribution in [0.3, 0.4) is 0 Å². The summed E-state index contributed by atoms with van der Waals surface area (Å²) >= 11 is 0. The molecule has 2 aromatic rings. The van der Waals surface area contributed by atoms with Gasteiger partial charge in [0.2, 0.25) is 0 Å². The van der Waals surface area contributed by atoms with Gasteiger partial charge >= 0.3 is 6.03 Å². The van der Waals surface area contributed by atoms with Gasteiger partial charge in [-0.25, -0.2) is 4.79 Å². The highest BCUT2D eigenvalue weighted by Crippen LogP contribution is 2.34. The molecule has 6 nitrogen and oxygen atoms in total. The number of urea groups is 1. The van der Waals surface area contributed by atoms with Gasteiger partial charge in [-0.15, -0.1) is 0 Å². The summed E-state index contributed by atoms with van der Waals surface area (Å²) in [5, 5.41) is 15.9. The van der Waals surface area contributed by atoms with Gasteiger partial charge in [0.1, 0.15) is 5.75 Å². The minimum atomic E-state index is -0.731. The Hall–Kier alpha value is -3.28. The number of hydrogen-bond donors (Lipinski definition) is 3. The Bertz CT molecular complexity index is 887. The maximum Gasteiger partial charge on any atom is 0.322 e. The molecule has 0 spiro atoms. The van der Waals surface area contributed by atoms with Crippen molar-refractivity contribution in [3.05, 3.63) is 70.9 Å². The zero-order valence-corrected chi connectivity index (χ0v) is 14.9. The van der Waals surface area contributed by atoms with Crippen LogP contribution in [0.1, 0.15) is 24.1 Å². The van der Waals surface area contributed by atoms with E-state index in [0.717, 1.165) is 5.56 Å². The lowest BCUT2D eigenvalue weighted by Crippen LogP contribution is -2.46. The molecule has 0 saturated heterocycles. The highest BCUT2D eigenvalue weighted by atomic mass is 16.3. The van der Waals surface area contributed by atoms with Crippen LogP contribution in [0, 0.1) is 6.92 Å². The number of benzene rings is 2. The molecule has 0 aliphatic carbocycles. The molecule has 1 heterocycles. The molecule has 2 aromatic carbocycles. The topological polar surface area (TPSA) is 81.7 Å². The fraction of sp³-hybridized carbons (Fsp3) is 0.200. The van der Waals surface area contributed by atoms with Crippen molar-refractivity contribution in [2.75, 3.05) is 12.4 Å². The number of rotatable bonds is 3. The first-order valence-corrected chi connectivity index (χ1v) is 8.29. The van der Waals surface area contributed by atoms with Crippen molar-refractivity contribution in [1.29, 1.82) is 0 Å². The zero-order valence-electron chi connectivity index (χ0n) is 14.9. The fourth-order valence-electron chi connectivity index (χ4n) is 2.93. The molecule has 0 radical (unpaired) electrons.